The lowest BCUT2D eigenvalue weighted by atomic mass is 10.1. The lowest BCUT2D eigenvalue weighted by Gasteiger charge is -2.14. The zero-order valence-corrected chi connectivity index (χ0v) is 10.8. The number of rotatable bonds is 6. The van der Waals surface area contributed by atoms with E-state index in [1.807, 2.05) is 0 Å². The molecular formula is C13H17F3N2O2. The normalized spacial score (nSPS) is 22.4. The molecule has 2 unspecified atom stereocenters. The molecule has 4 nitrogen and oxygen atoms in total. The summed E-state index contributed by atoms with van der Waals surface area (Å²) >= 11 is 0. The van der Waals surface area contributed by atoms with Gasteiger partial charge in [-0.1, -0.05) is 6.07 Å². The molecule has 112 valence electrons. The molecule has 2 rings (SSSR count). The highest BCUT2D eigenvalue weighted by molar-refractivity contribution is 5.29. The average Bonchev–Trinajstić information content (AvgIpc) is 2.78. The van der Waals surface area contributed by atoms with Crippen molar-refractivity contribution in [3.63, 3.8) is 0 Å². The van der Waals surface area contributed by atoms with Crippen molar-refractivity contribution < 1.29 is 23.0 Å². The van der Waals surface area contributed by atoms with Gasteiger partial charge in [-0.05, 0) is 17.7 Å². The first-order valence-electron chi connectivity index (χ1n) is 6.39. The summed E-state index contributed by atoms with van der Waals surface area (Å²) in [5.74, 6) is -1.15. The molecule has 1 aliphatic rings. The first kappa shape index (κ1) is 15.1. The number of hydrogen-bond acceptors (Lipinski definition) is 4. The molecule has 1 aromatic carbocycles. The highest BCUT2D eigenvalue weighted by Crippen LogP contribution is 2.20. The molecule has 1 heterocycles. The summed E-state index contributed by atoms with van der Waals surface area (Å²) in [6, 6.07) is 3.87. The quantitative estimate of drug-likeness (QED) is 0.734. The molecule has 1 aromatic rings. The summed E-state index contributed by atoms with van der Waals surface area (Å²) in [5.41, 5.74) is 0.629. The van der Waals surface area contributed by atoms with E-state index in [1.165, 1.54) is 12.1 Å². The van der Waals surface area contributed by atoms with Gasteiger partial charge in [-0.3, -0.25) is 0 Å². The van der Waals surface area contributed by atoms with Gasteiger partial charge in [0.05, 0.1) is 6.10 Å². The van der Waals surface area contributed by atoms with E-state index in [-0.39, 0.29) is 12.0 Å². The zero-order chi connectivity index (χ0) is 14.5. The number of benzene rings is 1. The van der Waals surface area contributed by atoms with Gasteiger partial charge < -0.3 is 20.5 Å². The number of aliphatic hydroxyl groups is 1. The zero-order valence-electron chi connectivity index (χ0n) is 10.8. The number of aliphatic hydroxyl groups excluding tert-OH is 1. The average molecular weight is 290 g/mol. The smallest absolute Gasteiger partial charge is 0.387 e. The third kappa shape index (κ3) is 4.09. The maximum atomic E-state index is 13.5. The van der Waals surface area contributed by atoms with E-state index in [0.717, 1.165) is 12.6 Å². The molecule has 1 fully saturated rings. The van der Waals surface area contributed by atoms with Gasteiger partial charge in [0.2, 0.25) is 0 Å². The van der Waals surface area contributed by atoms with E-state index in [9.17, 15) is 18.3 Å². The maximum absolute atomic E-state index is 13.5. The highest BCUT2D eigenvalue weighted by atomic mass is 19.3. The van der Waals surface area contributed by atoms with Crippen molar-refractivity contribution in [3.05, 3.63) is 29.6 Å². The third-order valence-corrected chi connectivity index (χ3v) is 3.25. The van der Waals surface area contributed by atoms with E-state index < -0.39 is 18.2 Å². The van der Waals surface area contributed by atoms with Crippen molar-refractivity contribution in [2.45, 2.75) is 19.3 Å². The SMILES string of the molecule is OC1CNCC1CNCc1ccc(OC(F)F)c(F)c1. The molecule has 0 spiro atoms. The fraction of sp³-hybridized carbons (Fsp3) is 0.538. The van der Waals surface area contributed by atoms with Gasteiger partial charge in [0.15, 0.2) is 11.6 Å². The van der Waals surface area contributed by atoms with Crippen molar-refractivity contribution in [2.24, 2.45) is 5.92 Å². The minimum absolute atomic E-state index is 0.126. The molecule has 7 heteroatoms. The van der Waals surface area contributed by atoms with Crippen LogP contribution in [0.2, 0.25) is 0 Å². The van der Waals surface area contributed by atoms with Crippen LogP contribution in [-0.2, 0) is 6.54 Å². The molecule has 0 amide bonds. The summed E-state index contributed by atoms with van der Waals surface area (Å²) in [5, 5.41) is 15.8. The Balaban J connectivity index is 1.82. The molecule has 3 N–H and O–H groups in total. The Morgan fingerprint density at radius 1 is 1.40 bits per heavy atom. The predicted octanol–water partition coefficient (Wildman–Crippen LogP) is 1.10. The Hall–Kier alpha value is -1.31. The number of hydrogen-bond donors (Lipinski definition) is 3. The number of nitrogens with one attached hydrogen (secondary N) is 2. The molecule has 0 aliphatic carbocycles. The molecule has 0 radical (unpaired) electrons. The Morgan fingerprint density at radius 3 is 2.80 bits per heavy atom. The molecule has 1 saturated heterocycles. The van der Waals surface area contributed by atoms with Crippen molar-refractivity contribution in [3.8, 4) is 5.75 Å². The third-order valence-electron chi connectivity index (χ3n) is 3.25. The Morgan fingerprint density at radius 2 is 2.20 bits per heavy atom. The fourth-order valence-electron chi connectivity index (χ4n) is 2.18. The van der Waals surface area contributed by atoms with Gasteiger partial charge in [0, 0.05) is 32.1 Å². The second kappa shape index (κ2) is 6.92. The molecular weight excluding hydrogens is 273 g/mol. The van der Waals surface area contributed by atoms with Gasteiger partial charge in [-0.2, -0.15) is 8.78 Å². The van der Waals surface area contributed by atoms with Crippen LogP contribution in [0.15, 0.2) is 18.2 Å². The first-order chi connectivity index (χ1) is 9.56. The van der Waals surface area contributed by atoms with E-state index in [2.05, 4.69) is 15.4 Å². The first-order valence-corrected chi connectivity index (χ1v) is 6.39. The van der Waals surface area contributed by atoms with Crippen molar-refractivity contribution >= 4 is 0 Å². The summed E-state index contributed by atoms with van der Waals surface area (Å²) in [7, 11) is 0. The van der Waals surface area contributed by atoms with Crippen molar-refractivity contribution in [1.82, 2.24) is 10.6 Å². The predicted molar refractivity (Wildman–Crippen MR) is 67.1 cm³/mol. The summed E-state index contributed by atoms with van der Waals surface area (Å²) in [6.07, 6.45) is -0.374. The van der Waals surface area contributed by atoms with Gasteiger partial charge in [0.25, 0.3) is 0 Å². The number of β-amino-alcohol motifs (C(OH)–C–C–N with tert-alkyl or cyclic N) is 1. The lowest BCUT2D eigenvalue weighted by Crippen LogP contribution is -2.30. The van der Waals surface area contributed by atoms with Crippen LogP contribution < -0.4 is 15.4 Å². The van der Waals surface area contributed by atoms with Crippen LogP contribution in [0.3, 0.4) is 0 Å². The largest absolute Gasteiger partial charge is 0.432 e. The topological polar surface area (TPSA) is 53.5 Å². The van der Waals surface area contributed by atoms with E-state index in [1.54, 1.807) is 0 Å². The van der Waals surface area contributed by atoms with Crippen molar-refractivity contribution in [1.29, 1.82) is 0 Å². The van der Waals surface area contributed by atoms with Crippen LogP contribution in [0.5, 0.6) is 5.75 Å². The van der Waals surface area contributed by atoms with Crippen LogP contribution in [0.1, 0.15) is 5.56 Å². The minimum atomic E-state index is -3.04. The van der Waals surface area contributed by atoms with Crippen LogP contribution in [0, 0.1) is 11.7 Å². The van der Waals surface area contributed by atoms with Gasteiger partial charge >= 0.3 is 6.61 Å². The van der Waals surface area contributed by atoms with Gasteiger partial charge in [-0.25, -0.2) is 4.39 Å². The molecule has 2 atom stereocenters. The molecule has 20 heavy (non-hydrogen) atoms. The summed E-state index contributed by atoms with van der Waals surface area (Å²) in [4.78, 5) is 0. The molecule has 0 saturated carbocycles. The van der Waals surface area contributed by atoms with E-state index in [0.29, 0.717) is 25.2 Å². The van der Waals surface area contributed by atoms with Gasteiger partial charge in [-0.15, -0.1) is 0 Å². The minimum Gasteiger partial charge on any atom is -0.432 e. The van der Waals surface area contributed by atoms with Crippen LogP contribution in [0.4, 0.5) is 13.2 Å². The Bertz CT molecular complexity index is 446. The number of halogens is 3. The molecule has 0 aromatic heterocycles. The number of ether oxygens (including phenoxy) is 1. The van der Waals surface area contributed by atoms with Crippen LogP contribution in [0.25, 0.3) is 0 Å². The van der Waals surface area contributed by atoms with Gasteiger partial charge in [0.1, 0.15) is 0 Å². The standard InChI is InChI=1S/C13H17F3N2O2/c14-10-3-8(1-2-12(10)20-13(15)16)4-17-5-9-6-18-7-11(9)19/h1-3,9,11,13,17-19H,4-7H2. The van der Waals surface area contributed by atoms with Crippen LogP contribution in [-0.4, -0.2) is 37.5 Å². The lowest BCUT2D eigenvalue weighted by molar-refractivity contribution is -0.0522. The van der Waals surface area contributed by atoms with Crippen molar-refractivity contribution in [2.75, 3.05) is 19.6 Å². The Labute approximate surface area is 114 Å². The second-order valence-corrected chi connectivity index (χ2v) is 4.76. The maximum Gasteiger partial charge on any atom is 0.387 e. The highest BCUT2D eigenvalue weighted by Gasteiger charge is 2.24. The second-order valence-electron chi connectivity index (χ2n) is 4.76. The monoisotopic (exact) mass is 290 g/mol. The summed E-state index contributed by atoms with van der Waals surface area (Å²) in [6.45, 7) is -0.713. The van der Waals surface area contributed by atoms with Crippen LogP contribution >= 0.6 is 0 Å². The Kier molecular flexibility index (Phi) is 5.22. The fourth-order valence-corrected chi connectivity index (χ4v) is 2.18. The molecule has 1 aliphatic heterocycles. The van der Waals surface area contributed by atoms with E-state index >= 15 is 0 Å². The molecule has 0 bridgehead atoms. The van der Waals surface area contributed by atoms with E-state index in [4.69, 9.17) is 0 Å². The summed E-state index contributed by atoms with van der Waals surface area (Å²) < 4.78 is 41.5. The number of alkyl halides is 2.